The lowest BCUT2D eigenvalue weighted by molar-refractivity contribution is 0.102. The number of azo groups is 1. The molecule has 0 spiro atoms. The van der Waals surface area contributed by atoms with Gasteiger partial charge in [-0.15, -0.1) is 10.2 Å². The molecule has 0 fully saturated rings. The fraction of sp³-hybridized carbons (Fsp3) is 0. The van der Waals surface area contributed by atoms with Crippen molar-refractivity contribution in [3.8, 4) is 17.8 Å². The predicted molar refractivity (Wildman–Crippen MR) is 126 cm³/mol. The molecule has 2 aromatic heterocycles. The number of anilines is 1. The average Bonchev–Trinajstić information content (AvgIpc) is 3.32. The van der Waals surface area contributed by atoms with Crippen LogP contribution in [-0.2, 0) is 0 Å². The van der Waals surface area contributed by atoms with E-state index in [4.69, 9.17) is 0 Å². The first-order valence-corrected chi connectivity index (χ1v) is 10.3. The number of aromatic hydroxyl groups is 1. The number of hydrogen-bond donors (Lipinski definition) is 2. The molecule has 0 atom stereocenters. The standard InChI is InChI=1S/C24H15N9O2/c25-11-16-12-29-33(24-27-13-26-14-28-24)22(16)32-31-20-18-9-5-4-6-15(18)10-19(21(20)34)23(35)30-17-7-2-1-3-8-17/h1-10,12-14,34H,(H,30,35). The number of rotatable bonds is 5. The third kappa shape index (κ3) is 4.14. The van der Waals surface area contributed by atoms with Gasteiger partial charge in [-0.25, -0.2) is 4.98 Å². The first kappa shape index (κ1) is 21.4. The van der Waals surface area contributed by atoms with Gasteiger partial charge in [0.1, 0.15) is 30.0 Å². The summed E-state index contributed by atoms with van der Waals surface area (Å²) in [6, 6.07) is 19.6. The van der Waals surface area contributed by atoms with Gasteiger partial charge in [0.2, 0.25) is 0 Å². The van der Waals surface area contributed by atoms with E-state index in [0.29, 0.717) is 16.5 Å². The van der Waals surface area contributed by atoms with Crippen LogP contribution in [0.1, 0.15) is 15.9 Å². The fourth-order valence-corrected chi connectivity index (χ4v) is 3.42. The van der Waals surface area contributed by atoms with Crippen molar-refractivity contribution in [1.29, 1.82) is 5.26 Å². The molecule has 11 nitrogen and oxygen atoms in total. The van der Waals surface area contributed by atoms with Crippen LogP contribution >= 0.6 is 0 Å². The first-order chi connectivity index (χ1) is 17.2. The number of nitrogens with one attached hydrogen (secondary N) is 1. The summed E-state index contributed by atoms with van der Waals surface area (Å²) in [5.41, 5.74) is 0.783. The molecule has 2 heterocycles. The Morgan fingerprint density at radius 1 is 1.03 bits per heavy atom. The lowest BCUT2D eigenvalue weighted by Crippen LogP contribution is -2.12. The highest BCUT2D eigenvalue weighted by molar-refractivity contribution is 6.11. The third-order valence-corrected chi connectivity index (χ3v) is 5.05. The zero-order valence-corrected chi connectivity index (χ0v) is 17.9. The highest BCUT2D eigenvalue weighted by Crippen LogP contribution is 2.40. The van der Waals surface area contributed by atoms with Crippen LogP contribution < -0.4 is 5.32 Å². The summed E-state index contributed by atoms with van der Waals surface area (Å²) in [5.74, 6) is -0.670. The second-order valence-electron chi connectivity index (χ2n) is 7.21. The molecule has 5 rings (SSSR count). The van der Waals surface area contributed by atoms with Crippen molar-refractivity contribution < 1.29 is 9.90 Å². The van der Waals surface area contributed by atoms with Gasteiger partial charge in [0.15, 0.2) is 11.6 Å². The first-order valence-electron chi connectivity index (χ1n) is 10.3. The lowest BCUT2D eigenvalue weighted by atomic mass is 10.0. The number of benzene rings is 3. The van der Waals surface area contributed by atoms with Crippen LogP contribution in [-0.4, -0.2) is 35.7 Å². The van der Waals surface area contributed by atoms with E-state index in [2.05, 4.69) is 35.6 Å². The number of phenols is 1. The van der Waals surface area contributed by atoms with Gasteiger partial charge in [-0.1, -0.05) is 42.5 Å². The Labute approximate surface area is 198 Å². The molecule has 0 aliphatic heterocycles. The zero-order valence-electron chi connectivity index (χ0n) is 17.9. The van der Waals surface area contributed by atoms with Crippen molar-refractivity contribution in [3.63, 3.8) is 0 Å². The zero-order chi connectivity index (χ0) is 24.2. The van der Waals surface area contributed by atoms with Crippen molar-refractivity contribution >= 4 is 33.9 Å². The monoisotopic (exact) mass is 461 g/mol. The summed E-state index contributed by atoms with van der Waals surface area (Å²) in [6.45, 7) is 0. The van der Waals surface area contributed by atoms with Crippen molar-refractivity contribution in [2.75, 3.05) is 5.32 Å². The topological polar surface area (TPSA) is 154 Å². The molecule has 11 heteroatoms. The maximum Gasteiger partial charge on any atom is 0.259 e. The Hall–Kier alpha value is -5.50. The minimum absolute atomic E-state index is 0.0213. The van der Waals surface area contributed by atoms with Crippen LogP contribution in [0.25, 0.3) is 16.7 Å². The van der Waals surface area contributed by atoms with E-state index < -0.39 is 5.91 Å². The highest BCUT2D eigenvalue weighted by atomic mass is 16.3. The number of aromatic nitrogens is 5. The second-order valence-corrected chi connectivity index (χ2v) is 7.21. The average molecular weight is 461 g/mol. The van der Waals surface area contributed by atoms with Gasteiger partial charge in [-0.2, -0.15) is 25.0 Å². The van der Waals surface area contributed by atoms with Crippen LogP contribution in [0.2, 0.25) is 0 Å². The molecule has 0 aliphatic carbocycles. The number of hydrogen-bond acceptors (Lipinski definition) is 9. The Kier molecular flexibility index (Phi) is 5.59. The number of carbonyl (C=O) groups excluding carboxylic acids is 1. The summed E-state index contributed by atoms with van der Waals surface area (Å²) in [5, 5.41) is 37.1. The number of fused-ring (bicyclic) bond motifs is 1. The maximum absolute atomic E-state index is 13.0. The Morgan fingerprint density at radius 2 is 1.77 bits per heavy atom. The van der Waals surface area contributed by atoms with Gasteiger partial charge in [0.05, 0.1) is 11.8 Å². The van der Waals surface area contributed by atoms with Crippen LogP contribution in [0.3, 0.4) is 0 Å². The van der Waals surface area contributed by atoms with Gasteiger partial charge in [0.25, 0.3) is 11.9 Å². The Morgan fingerprint density at radius 3 is 2.54 bits per heavy atom. The number of amides is 1. The molecule has 0 bridgehead atoms. The largest absolute Gasteiger partial charge is 0.505 e. The number of nitriles is 1. The number of phenolic OH excluding ortho intramolecular Hbond substituents is 1. The normalized spacial score (nSPS) is 10.9. The van der Waals surface area contributed by atoms with Gasteiger partial charge in [-0.3, -0.25) is 4.79 Å². The number of nitrogens with zero attached hydrogens (tertiary/aromatic N) is 8. The molecule has 0 saturated heterocycles. The Balaban J connectivity index is 1.61. The molecule has 3 aromatic carbocycles. The van der Waals surface area contributed by atoms with E-state index in [0.717, 1.165) is 0 Å². The quantitative estimate of drug-likeness (QED) is 0.366. The number of carbonyl (C=O) groups is 1. The summed E-state index contributed by atoms with van der Waals surface area (Å²) < 4.78 is 1.23. The van der Waals surface area contributed by atoms with Crippen molar-refractivity contribution in [3.05, 3.63) is 90.6 Å². The Bertz CT molecular complexity index is 1610. The highest BCUT2D eigenvalue weighted by Gasteiger charge is 2.20. The van der Waals surface area contributed by atoms with Crippen LogP contribution in [0.4, 0.5) is 17.2 Å². The van der Waals surface area contributed by atoms with E-state index >= 15 is 0 Å². The van der Waals surface area contributed by atoms with Crippen molar-refractivity contribution in [1.82, 2.24) is 24.7 Å². The summed E-state index contributed by atoms with van der Waals surface area (Å²) in [4.78, 5) is 24.8. The molecular formula is C24H15N9O2. The van der Waals surface area contributed by atoms with Crippen molar-refractivity contribution in [2.45, 2.75) is 0 Å². The molecule has 0 unspecified atom stereocenters. The molecule has 0 aliphatic rings. The molecule has 2 N–H and O–H groups in total. The molecule has 0 radical (unpaired) electrons. The summed E-state index contributed by atoms with van der Waals surface area (Å²) in [6.07, 6.45) is 3.87. The molecule has 0 saturated carbocycles. The minimum atomic E-state index is -0.510. The van der Waals surface area contributed by atoms with Gasteiger partial charge in [-0.05, 0) is 23.6 Å². The van der Waals surface area contributed by atoms with Gasteiger partial charge < -0.3 is 10.4 Å². The second kappa shape index (κ2) is 9.16. The lowest BCUT2D eigenvalue weighted by Gasteiger charge is -2.11. The predicted octanol–water partition coefficient (Wildman–Crippen LogP) is 4.46. The van der Waals surface area contributed by atoms with E-state index in [-0.39, 0.29) is 34.3 Å². The third-order valence-electron chi connectivity index (χ3n) is 5.05. The van der Waals surface area contributed by atoms with Crippen LogP contribution in [0, 0.1) is 11.3 Å². The fourth-order valence-electron chi connectivity index (χ4n) is 3.42. The van der Waals surface area contributed by atoms with Crippen molar-refractivity contribution in [2.24, 2.45) is 10.2 Å². The molecule has 35 heavy (non-hydrogen) atoms. The maximum atomic E-state index is 13.0. The minimum Gasteiger partial charge on any atom is -0.505 e. The smallest absolute Gasteiger partial charge is 0.259 e. The molecular weight excluding hydrogens is 446 g/mol. The summed E-state index contributed by atoms with van der Waals surface area (Å²) >= 11 is 0. The van der Waals surface area contributed by atoms with Crippen LogP contribution in [0.5, 0.6) is 5.75 Å². The van der Waals surface area contributed by atoms with Crippen LogP contribution in [0.15, 0.2) is 89.7 Å². The molecule has 168 valence electrons. The van der Waals surface area contributed by atoms with Gasteiger partial charge >= 0.3 is 0 Å². The summed E-state index contributed by atoms with van der Waals surface area (Å²) in [7, 11) is 0. The van der Waals surface area contributed by atoms with E-state index in [1.165, 1.54) is 23.5 Å². The van der Waals surface area contributed by atoms with E-state index in [1.54, 1.807) is 48.5 Å². The molecule has 1 amide bonds. The number of para-hydroxylation sites is 1. The molecule has 5 aromatic rings. The van der Waals surface area contributed by atoms with Gasteiger partial charge in [0, 0.05) is 11.1 Å². The van der Waals surface area contributed by atoms with E-state index in [1.807, 2.05) is 18.2 Å². The SMILES string of the molecule is N#Cc1cnn(-c2ncncn2)c1N=Nc1c(O)c(C(=O)Nc2ccccc2)cc2ccccc12. The van der Waals surface area contributed by atoms with E-state index in [9.17, 15) is 15.2 Å².